The van der Waals surface area contributed by atoms with Gasteiger partial charge in [-0.1, -0.05) is 0 Å². The summed E-state index contributed by atoms with van der Waals surface area (Å²) in [4.78, 5) is 23.3. The van der Waals surface area contributed by atoms with E-state index in [1.54, 1.807) is 0 Å². The van der Waals surface area contributed by atoms with Crippen LogP contribution in [0.15, 0.2) is 17.1 Å². The second-order valence-electron chi connectivity index (χ2n) is 5.34. The molecule has 0 saturated heterocycles. The van der Waals surface area contributed by atoms with Gasteiger partial charge in [0.15, 0.2) is 11.6 Å². The Morgan fingerprint density at radius 1 is 1.26 bits per heavy atom. The van der Waals surface area contributed by atoms with Crippen LogP contribution >= 0.6 is 0 Å². The Morgan fingerprint density at radius 3 is 2.26 bits per heavy atom. The topological polar surface area (TPSA) is 68.5 Å². The number of aromatic carboxylic acids is 1. The van der Waals surface area contributed by atoms with Crippen molar-refractivity contribution in [3.63, 3.8) is 0 Å². The monoisotopic (exact) mass is 398 g/mol. The van der Waals surface area contributed by atoms with E-state index in [1.165, 1.54) is 0 Å². The molecule has 1 fully saturated rings. The number of carboxylic acids is 1. The van der Waals surface area contributed by atoms with E-state index in [9.17, 15) is 40.2 Å². The molecule has 0 bridgehead atoms. The molecule has 1 N–H and O–H groups in total. The number of rotatable bonds is 3. The van der Waals surface area contributed by atoms with E-state index in [1.807, 2.05) is 0 Å². The van der Waals surface area contributed by atoms with Gasteiger partial charge in [-0.05, 0) is 18.9 Å². The zero-order chi connectivity index (χ0) is 20.5. The first-order valence-corrected chi connectivity index (χ1v) is 7.09. The van der Waals surface area contributed by atoms with Crippen molar-refractivity contribution in [2.75, 3.05) is 0 Å². The van der Waals surface area contributed by atoms with Crippen molar-refractivity contribution in [2.24, 2.45) is 0 Å². The average molecular weight is 398 g/mol. The quantitative estimate of drug-likeness (QED) is 0.633. The van der Waals surface area contributed by atoms with Crippen molar-refractivity contribution in [1.29, 1.82) is 0 Å². The number of hydrogen-bond acceptors (Lipinski definition) is 3. The van der Waals surface area contributed by atoms with Gasteiger partial charge in [0, 0.05) is 12.2 Å². The summed E-state index contributed by atoms with van der Waals surface area (Å²) in [6.07, 6.45) is -3.52. The van der Waals surface area contributed by atoms with Gasteiger partial charge in [-0.2, -0.15) is 4.39 Å². The minimum Gasteiger partial charge on any atom is -0.477 e. The highest BCUT2D eigenvalue weighted by atomic mass is 19.4. The Bertz CT molecular complexity index is 940. The van der Waals surface area contributed by atoms with Crippen molar-refractivity contribution < 1.29 is 45.2 Å². The molecule has 2 aromatic rings. The highest BCUT2D eigenvalue weighted by molar-refractivity contribution is 6.15. The third-order valence-electron chi connectivity index (χ3n) is 3.55. The number of carbonyl (C=O) groups is 1. The molecule has 0 amide bonds. The summed E-state index contributed by atoms with van der Waals surface area (Å²) in [6, 6.07) is -0.0479. The second kappa shape index (κ2) is 7.49. The smallest absolute Gasteiger partial charge is 0.477 e. The number of ether oxygens (including phenoxy) is 1. The van der Waals surface area contributed by atoms with E-state index >= 15 is 0 Å². The van der Waals surface area contributed by atoms with Crippen LogP contribution in [0.5, 0.6) is 5.75 Å². The molecule has 1 aromatic carbocycles. The van der Waals surface area contributed by atoms with Gasteiger partial charge in [-0.25, -0.2) is 9.18 Å². The number of carboxylic acid groups (broad SMARTS) is 1. The zero-order valence-corrected chi connectivity index (χ0v) is 13.0. The molecule has 1 heterocycles. The summed E-state index contributed by atoms with van der Waals surface area (Å²) >= 11 is 0. The van der Waals surface area contributed by atoms with E-state index in [2.05, 4.69) is 4.74 Å². The largest absolute Gasteiger partial charge is 0.577 e. The van der Waals surface area contributed by atoms with Gasteiger partial charge in [-0.3, -0.25) is 13.4 Å². The maximum atomic E-state index is 13.9. The summed E-state index contributed by atoms with van der Waals surface area (Å²) in [6.45, 7) is 0. The molecular weight excluding hydrogens is 390 g/mol. The van der Waals surface area contributed by atoms with Gasteiger partial charge < -0.3 is 14.4 Å². The first-order valence-electron chi connectivity index (χ1n) is 7.09. The van der Waals surface area contributed by atoms with Crippen molar-refractivity contribution in [1.82, 2.24) is 4.57 Å². The van der Waals surface area contributed by atoms with Crippen LogP contribution < -0.4 is 10.2 Å². The van der Waals surface area contributed by atoms with Gasteiger partial charge in [-0.15, -0.1) is 13.2 Å². The lowest BCUT2D eigenvalue weighted by Gasteiger charge is -2.17. The van der Waals surface area contributed by atoms with Crippen molar-refractivity contribution >= 4 is 24.7 Å². The van der Waals surface area contributed by atoms with Crippen molar-refractivity contribution in [3.05, 3.63) is 39.7 Å². The normalized spacial score (nSPS) is 13.7. The third-order valence-corrected chi connectivity index (χ3v) is 3.55. The molecule has 13 heteroatoms. The number of aromatic nitrogens is 1. The first-order chi connectivity index (χ1) is 12.5. The highest BCUT2D eigenvalue weighted by Gasteiger charge is 2.37. The number of fused-ring (bicyclic) bond motifs is 1. The molecule has 3 rings (SSSR count). The molecule has 5 nitrogen and oxygen atoms in total. The number of halogens is 7. The van der Waals surface area contributed by atoms with Crippen molar-refractivity contribution in [3.8, 4) is 5.75 Å². The Labute approximate surface area is 146 Å². The van der Waals surface area contributed by atoms with E-state index in [-0.39, 0.29) is 0 Å². The summed E-state index contributed by atoms with van der Waals surface area (Å²) in [5.74, 6) is -6.77. The molecule has 0 spiro atoms. The second-order valence-corrected chi connectivity index (χ2v) is 5.34. The Balaban J connectivity index is 0.000000817. The molecule has 1 aliphatic carbocycles. The summed E-state index contributed by atoms with van der Waals surface area (Å²) < 4.78 is 88.7. The number of pyridine rings is 1. The molecule has 1 aliphatic rings. The van der Waals surface area contributed by atoms with Crippen LogP contribution in [0.1, 0.15) is 29.2 Å². The van der Waals surface area contributed by atoms with Crippen LogP contribution in [0.25, 0.3) is 10.9 Å². The predicted molar refractivity (Wildman–Crippen MR) is 78.0 cm³/mol. The van der Waals surface area contributed by atoms with Gasteiger partial charge in [0.25, 0.3) is 0 Å². The Morgan fingerprint density at radius 2 is 1.81 bits per heavy atom. The van der Waals surface area contributed by atoms with Gasteiger partial charge in [0.1, 0.15) is 5.56 Å². The number of nitrogens with zero attached hydrogens (tertiary/aromatic N) is 1. The SMILES string of the molecule is F[B]F.O=C(O)c1cn(C2CC2)c2c(OC(F)(F)F)c(F)c(F)cc2c1=O. The predicted octanol–water partition coefficient (Wildman–Crippen LogP) is 3.67. The first kappa shape index (κ1) is 20.6. The maximum absolute atomic E-state index is 13.9. The molecule has 0 atom stereocenters. The van der Waals surface area contributed by atoms with E-state index in [4.69, 9.17) is 5.11 Å². The lowest BCUT2D eigenvalue weighted by molar-refractivity contribution is -0.275. The molecule has 1 radical (unpaired) electrons. The van der Waals surface area contributed by atoms with E-state index in [0.29, 0.717) is 18.9 Å². The lowest BCUT2D eigenvalue weighted by Crippen LogP contribution is -2.23. The van der Waals surface area contributed by atoms with Gasteiger partial charge >= 0.3 is 20.2 Å². The van der Waals surface area contributed by atoms with Crippen LogP contribution in [-0.2, 0) is 0 Å². The van der Waals surface area contributed by atoms with Gasteiger partial charge in [0.05, 0.1) is 10.9 Å². The van der Waals surface area contributed by atoms with Gasteiger partial charge in [0.2, 0.25) is 11.2 Å². The van der Waals surface area contributed by atoms with Crippen LogP contribution in [0.3, 0.4) is 0 Å². The summed E-state index contributed by atoms with van der Waals surface area (Å²) in [5, 5.41) is 8.34. The molecular formula is C14H8BF7NO4. The number of hydrogen-bond donors (Lipinski definition) is 1. The van der Waals surface area contributed by atoms with Crippen molar-refractivity contribution in [2.45, 2.75) is 25.2 Å². The number of benzene rings is 1. The fraction of sp³-hybridized carbons (Fsp3) is 0.286. The van der Waals surface area contributed by atoms with Crippen LogP contribution in [0.4, 0.5) is 30.6 Å². The minimum absolute atomic E-state index is 0.377. The maximum Gasteiger partial charge on any atom is 0.577 e. The fourth-order valence-electron chi connectivity index (χ4n) is 2.43. The molecule has 0 unspecified atom stereocenters. The lowest BCUT2D eigenvalue weighted by atomic mass is 10.1. The highest BCUT2D eigenvalue weighted by Crippen LogP contribution is 2.41. The Kier molecular flexibility index (Phi) is 5.71. The van der Waals surface area contributed by atoms with Crippen LogP contribution in [-0.4, -0.2) is 29.8 Å². The number of alkyl halides is 3. The summed E-state index contributed by atoms with van der Waals surface area (Å²) in [7, 11) is -1.00. The Hall–Kier alpha value is -2.73. The van der Waals surface area contributed by atoms with E-state index in [0.717, 1.165) is 10.8 Å². The minimum atomic E-state index is -5.32. The third kappa shape index (κ3) is 4.34. The van der Waals surface area contributed by atoms with Crippen LogP contribution in [0, 0.1) is 11.6 Å². The summed E-state index contributed by atoms with van der Waals surface area (Å²) in [5.41, 5.74) is -2.59. The molecule has 0 aliphatic heterocycles. The fourth-order valence-corrected chi connectivity index (χ4v) is 2.43. The molecule has 1 aromatic heterocycles. The average Bonchev–Trinajstić information content (AvgIpc) is 3.37. The molecule has 27 heavy (non-hydrogen) atoms. The van der Waals surface area contributed by atoms with Crippen LogP contribution in [0.2, 0.25) is 0 Å². The van der Waals surface area contributed by atoms with E-state index < -0.39 is 65.5 Å². The molecule has 145 valence electrons. The standard InChI is InChI=1S/C14H8F5NO4.BF2/c15-8-3-6-10(12(9(8)16)24-14(17,18)19)20(5-1-2-5)4-7(11(6)21)13(22)23;2-1-3/h3-5H,1-2H2,(H,22,23);. The molecule has 1 saturated carbocycles. The zero-order valence-electron chi connectivity index (χ0n) is 13.0.